The number of nitrogens with zero attached hydrogens (tertiary/aromatic N) is 2. The van der Waals surface area contributed by atoms with E-state index in [0.29, 0.717) is 12.2 Å². The van der Waals surface area contributed by atoms with Crippen LogP contribution in [-0.4, -0.2) is 37.3 Å². The van der Waals surface area contributed by atoms with Crippen molar-refractivity contribution >= 4 is 28.9 Å². The second kappa shape index (κ2) is 7.43. The Balaban J connectivity index is 1.50. The predicted octanol–water partition coefficient (Wildman–Crippen LogP) is 2.61. The van der Waals surface area contributed by atoms with Crippen LogP contribution in [-0.2, 0) is 11.3 Å². The number of thiophene rings is 1. The molecule has 0 unspecified atom stereocenters. The van der Waals surface area contributed by atoms with Gasteiger partial charge in [-0.05, 0) is 31.2 Å². The quantitative estimate of drug-likeness (QED) is 0.903. The molecule has 23 heavy (non-hydrogen) atoms. The minimum Gasteiger partial charge on any atom is -0.378 e. The van der Waals surface area contributed by atoms with Gasteiger partial charge in [-0.3, -0.25) is 0 Å². The molecule has 6 nitrogen and oxygen atoms in total. The van der Waals surface area contributed by atoms with E-state index in [2.05, 4.69) is 27.4 Å². The Morgan fingerprint density at radius 3 is 2.78 bits per heavy atom. The van der Waals surface area contributed by atoms with Gasteiger partial charge >= 0.3 is 6.03 Å². The third-order valence-corrected chi connectivity index (χ3v) is 4.56. The van der Waals surface area contributed by atoms with Crippen LogP contribution in [0.1, 0.15) is 9.75 Å². The Morgan fingerprint density at radius 1 is 1.30 bits per heavy atom. The third kappa shape index (κ3) is 4.43. The fraction of sp³-hybridized carbons (Fsp3) is 0.375. The molecule has 2 aromatic rings. The predicted molar refractivity (Wildman–Crippen MR) is 92.2 cm³/mol. The first kappa shape index (κ1) is 15.8. The number of carbonyl (C=O) groups excluding carboxylic acids is 1. The van der Waals surface area contributed by atoms with Crippen LogP contribution in [0.2, 0.25) is 0 Å². The minimum atomic E-state index is -0.225. The maximum atomic E-state index is 11.9. The van der Waals surface area contributed by atoms with Crippen LogP contribution >= 0.6 is 11.3 Å². The Kier molecular flexibility index (Phi) is 5.09. The fourth-order valence-corrected chi connectivity index (χ4v) is 3.19. The average molecular weight is 332 g/mol. The van der Waals surface area contributed by atoms with Crippen molar-refractivity contribution in [2.75, 3.05) is 36.5 Å². The number of anilines is 2. The molecule has 122 valence electrons. The number of aryl methyl sites for hydroxylation is 1. The highest BCUT2D eigenvalue weighted by Crippen LogP contribution is 2.16. The Morgan fingerprint density at radius 2 is 2.13 bits per heavy atom. The van der Waals surface area contributed by atoms with Crippen LogP contribution in [0.4, 0.5) is 16.3 Å². The van der Waals surface area contributed by atoms with E-state index in [-0.39, 0.29) is 6.03 Å². The maximum absolute atomic E-state index is 11.9. The molecule has 0 atom stereocenters. The summed E-state index contributed by atoms with van der Waals surface area (Å²) in [4.78, 5) is 20.9. The van der Waals surface area contributed by atoms with Crippen molar-refractivity contribution in [1.82, 2.24) is 10.3 Å². The lowest BCUT2D eigenvalue weighted by Gasteiger charge is -2.27. The van der Waals surface area contributed by atoms with E-state index in [4.69, 9.17) is 4.74 Å². The van der Waals surface area contributed by atoms with Gasteiger partial charge in [0.2, 0.25) is 0 Å². The highest BCUT2D eigenvalue weighted by Gasteiger charge is 2.12. The molecule has 1 fully saturated rings. The van der Waals surface area contributed by atoms with E-state index in [1.807, 2.05) is 24.3 Å². The zero-order chi connectivity index (χ0) is 16.1. The minimum absolute atomic E-state index is 0.225. The van der Waals surface area contributed by atoms with Crippen LogP contribution in [0, 0.1) is 6.92 Å². The molecule has 1 aliphatic rings. The molecule has 0 bridgehead atoms. The first-order valence-corrected chi connectivity index (χ1v) is 8.41. The molecular formula is C16H20N4O2S. The van der Waals surface area contributed by atoms with E-state index < -0.39 is 0 Å². The van der Waals surface area contributed by atoms with E-state index in [1.54, 1.807) is 17.5 Å². The summed E-state index contributed by atoms with van der Waals surface area (Å²) in [6, 6.07) is 7.64. The molecule has 7 heteroatoms. The van der Waals surface area contributed by atoms with Gasteiger partial charge in [0.05, 0.1) is 31.6 Å². The number of nitrogens with one attached hydrogen (secondary N) is 2. The van der Waals surface area contributed by atoms with Gasteiger partial charge in [0.25, 0.3) is 0 Å². The Hall–Kier alpha value is -2.12. The molecule has 3 heterocycles. The molecular weight excluding hydrogens is 312 g/mol. The van der Waals surface area contributed by atoms with E-state index in [1.165, 1.54) is 4.88 Å². The largest absolute Gasteiger partial charge is 0.378 e. The standard InChI is InChI=1S/C16H20N4O2S/c1-12-2-4-14(23-12)11-18-16(21)19-13-3-5-15(17-10-13)20-6-8-22-9-7-20/h2-5,10H,6-9,11H2,1H3,(H2,18,19,21). The summed E-state index contributed by atoms with van der Waals surface area (Å²) >= 11 is 1.68. The first-order valence-electron chi connectivity index (χ1n) is 7.59. The summed E-state index contributed by atoms with van der Waals surface area (Å²) in [5.41, 5.74) is 0.682. The third-order valence-electron chi connectivity index (χ3n) is 3.56. The molecule has 0 aliphatic carbocycles. The smallest absolute Gasteiger partial charge is 0.319 e. The lowest BCUT2D eigenvalue weighted by atomic mass is 10.3. The lowest BCUT2D eigenvalue weighted by Crippen LogP contribution is -2.36. The summed E-state index contributed by atoms with van der Waals surface area (Å²) in [6.07, 6.45) is 1.68. The summed E-state index contributed by atoms with van der Waals surface area (Å²) in [6.45, 7) is 5.74. The average Bonchev–Trinajstić information content (AvgIpc) is 3.00. The van der Waals surface area contributed by atoms with Crippen LogP contribution in [0.3, 0.4) is 0 Å². The van der Waals surface area contributed by atoms with Crippen LogP contribution in [0.5, 0.6) is 0 Å². The van der Waals surface area contributed by atoms with Crippen molar-refractivity contribution in [2.24, 2.45) is 0 Å². The maximum Gasteiger partial charge on any atom is 0.319 e. The Bertz CT molecular complexity index is 650. The van der Waals surface area contributed by atoms with Gasteiger partial charge < -0.3 is 20.3 Å². The summed E-state index contributed by atoms with van der Waals surface area (Å²) in [7, 11) is 0. The van der Waals surface area contributed by atoms with Gasteiger partial charge in [0, 0.05) is 22.8 Å². The van der Waals surface area contributed by atoms with Gasteiger partial charge in [0.1, 0.15) is 5.82 Å². The number of urea groups is 1. The zero-order valence-corrected chi connectivity index (χ0v) is 13.9. The monoisotopic (exact) mass is 332 g/mol. The van der Waals surface area contributed by atoms with Crippen LogP contribution < -0.4 is 15.5 Å². The van der Waals surface area contributed by atoms with E-state index in [9.17, 15) is 4.79 Å². The molecule has 1 aliphatic heterocycles. The summed E-state index contributed by atoms with van der Waals surface area (Å²) in [5, 5.41) is 5.64. The molecule has 3 rings (SSSR count). The van der Waals surface area contributed by atoms with Gasteiger partial charge in [-0.25, -0.2) is 9.78 Å². The highest BCUT2D eigenvalue weighted by molar-refractivity contribution is 7.11. The number of amides is 2. The normalized spacial score (nSPS) is 14.6. The molecule has 2 amide bonds. The molecule has 0 aromatic carbocycles. The lowest BCUT2D eigenvalue weighted by molar-refractivity contribution is 0.122. The van der Waals surface area contributed by atoms with Crippen molar-refractivity contribution < 1.29 is 9.53 Å². The number of rotatable bonds is 4. The summed E-state index contributed by atoms with van der Waals surface area (Å²) < 4.78 is 5.33. The number of hydrogen-bond donors (Lipinski definition) is 2. The number of morpholine rings is 1. The van der Waals surface area contributed by atoms with Crippen LogP contribution in [0.25, 0.3) is 0 Å². The molecule has 0 spiro atoms. The van der Waals surface area contributed by atoms with Crippen molar-refractivity contribution in [3.63, 3.8) is 0 Å². The number of aromatic nitrogens is 1. The highest BCUT2D eigenvalue weighted by atomic mass is 32.1. The van der Waals surface area contributed by atoms with Crippen LogP contribution in [0.15, 0.2) is 30.5 Å². The van der Waals surface area contributed by atoms with Crippen molar-refractivity contribution in [2.45, 2.75) is 13.5 Å². The second-order valence-corrected chi connectivity index (χ2v) is 6.70. The van der Waals surface area contributed by atoms with E-state index >= 15 is 0 Å². The number of hydrogen-bond acceptors (Lipinski definition) is 5. The van der Waals surface area contributed by atoms with Crippen molar-refractivity contribution in [3.8, 4) is 0 Å². The summed E-state index contributed by atoms with van der Waals surface area (Å²) in [5.74, 6) is 0.910. The molecule has 2 aromatic heterocycles. The SMILES string of the molecule is Cc1ccc(CNC(=O)Nc2ccc(N3CCOCC3)nc2)s1. The Labute approximate surface area is 139 Å². The van der Waals surface area contributed by atoms with Gasteiger partial charge in [-0.15, -0.1) is 11.3 Å². The van der Waals surface area contributed by atoms with Gasteiger partial charge in [-0.1, -0.05) is 0 Å². The topological polar surface area (TPSA) is 66.5 Å². The number of ether oxygens (including phenoxy) is 1. The van der Waals surface area contributed by atoms with Gasteiger partial charge in [-0.2, -0.15) is 0 Å². The van der Waals surface area contributed by atoms with Crippen molar-refractivity contribution in [1.29, 1.82) is 0 Å². The molecule has 2 N–H and O–H groups in total. The van der Waals surface area contributed by atoms with Gasteiger partial charge in [0.15, 0.2) is 0 Å². The van der Waals surface area contributed by atoms with E-state index in [0.717, 1.165) is 37.0 Å². The first-order chi connectivity index (χ1) is 11.2. The second-order valence-electron chi connectivity index (χ2n) is 5.32. The number of carbonyl (C=O) groups is 1. The number of pyridine rings is 1. The molecule has 1 saturated heterocycles. The molecule has 0 radical (unpaired) electrons. The van der Waals surface area contributed by atoms with Crippen molar-refractivity contribution in [3.05, 3.63) is 40.2 Å². The molecule has 0 saturated carbocycles. The zero-order valence-electron chi connectivity index (χ0n) is 13.0. The fourth-order valence-electron chi connectivity index (χ4n) is 2.36.